The maximum absolute atomic E-state index is 12.9. The molecule has 0 N–H and O–H groups in total. The number of rotatable bonds is 64. The fourth-order valence-corrected chi connectivity index (χ4v) is 10.2. The van der Waals surface area contributed by atoms with Crippen LogP contribution in [0.15, 0.2) is 60.8 Å². The van der Waals surface area contributed by atoms with Crippen molar-refractivity contribution < 1.29 is 28.6 Å². The number of hydrogen-bond donors (Lipinski definition) is 0. The molecule has 79 heavy (non-hydrogen) atoms. The second-order valence-corrected chi connectivity index (χ2v) is 23.4. The van der Waals surface area contributed by atoms with Crippen LogP contribution < -0.4 is 0 Å². The van der Waals surface area contributed by atoms with Crippen LogP contribution in [0.25, 0.3) is 0 Å². The Bertz CT molecular complexity index is 1410. The maximum atomic E-state index is 12.9. The highest BCUT2D eigenvalue weighted by atomic mass is 16.6. The second-order valence-electron chi connectivity index (χ2n) is 23.4. The van der Waals surface area contributed by atoms with Gasteiger partial charge in [0.1, 0.15) is 13.2 Å². The first kappa shape index (κ1) is 76.1. The number of unbranched alkanes of at least 4 members (excludes halogenated alkanes) is 43. The Kier molecular flexibility index (Phi) is 65.1. The van der Waals surface area contributed by atoms with Crippen molar-refractivity contribution in [3.05, 3.63) is 60.8 Å². The summed E-state index contributed by atoms with van der Waals surface area (Å²) >= 11 is 0. The Morgan fingerprint density at radius 2 is 0.468 bits per heavy atom. The molecule has 0 spiro atoms. The van der Waals surface area contributed by atoms with E-state index < -0.39 is 6.10 Å². The van der Waals surface area contributed by atoms with E-state index in [-0.39, 0.29) is 31.1 Å². The van der Waals surface area contributed by atoms with Gasteiger partial charge in [0, 0.05) is 19.3 Å². The van der Waals surface area contributed by atoms with Gasteiger partial charge in [-0.15, -0.1) is 0 Å². The van der Waals surface area contributed by atoms with Gasteiger partial charge in [-0.2, -0.15) is 0 Å². The molecule has 0 radical (unpaired) electrons. The number of hydrogen-bond acceptors (Lipinski definition) is 6. The molecule has 6 heteroatoms. The van der Waals surface area contributed by atoms with Crippen LogP contribution in [0.1, 0.15) is 367 Å². The molecule has 0 heterocycles. The predicted molar refractivity (Wildman–Crippen MR) is 344 cm³/mol. The van der Waals surface area contributed by atoms with Crippen LogP contribution in [0.2, 0.25) is 0 Å². The maximum Gasteiger partial charge on any atom is 0.306 e. The highest BCUT2D eigenvalue weighted by Gasteiger charge is 2.19. The Balaban J connectivity index is 4.29. The summed E-state index contributed by atoms with van der Waals surface area (Å²) in [5.74, 6) is -0.872. The number of allylic oxidation sites excluding steroid dienone is 10. The van der Waals surface area contributed by atoms with Gasteiger partial charge in [-0.1, -0.05) is 326 Å². The zero-order valence-electron chi connectivity index (χ0n) is 52.9. The highest BCUT2D eigenvalue weighted by molar-refractivity contribution is 5.71. The quantitative estimate of drug-likeness (QED) is 0.0261. The fraction of sp³-hybridized carbons (Fsp3) is 0.822. The lowest BCUT2D eigenvalue weighted by molar-refractivity contribution is -0.167. The molecule has 1 unspecified atom stereocenters. The van der Waals surface area contributed by atoms with E-state index in [4.69, 9.17) is 14.2 Å². The molecule has 0 fully saturated rings. The first-order valence-corrected chi connectivity index (χ1v) is 34.8. The molecule has 6 nitrogen and oxygen atoms in total. The second kappa shape index (κ2) is 67.6. The molecule has 0 aromatic heterocycles. The van der Waals surface area contributed by atoms with Gasteiger partial charge >= 0.3 is 17.9 Å². The van der Waals surface area contributed by atoms with Crippen molar-refractivity contribution in [2.75, 3.05) is 13.2 Å². The van der Waals surface area contributed by atoms with Crippen molar-refractivity contribution in [3.8, 4) is 0 Å². The first-order chi connectivity index (χ1) is 39.0. The molecule has 0 aromatic rings. The van der Waals surface area contributed by atoms with Crippen molar-refractivity contribution in [2.45, 2.75) is 374 Å². The third-order valence-electron chi connectivity index (χ3n) is 15.5. The smallest absolute Gasteiger partial charge is 0.306 e. The summed E-state index contributed by atoms with van der Waals surface area (Å²) in [6.45, 7) is 6.63. The molecule has 0 rings (SSSR count). The lowest BCUT2D eigenvalue weighted by Gasteiger charge is -2.18. The third-order valence-corrected chi connectivity index (χ3v) is 15.5. The minimum absolute atomic E-state index is 0.0775. The zero-order chi connectivity index (χ0) is 57.1. The summed E-state index contributed by atoms with van der Waals surface area (Å²) in [7, 11) is 0. The molecule has 0 aliphatic carbocycles. The molecule has 460 valence electrons. The van der Waals surface area contributed by atoms with Gasteiger partial charge in [0.2, 0.25) is 0 Å². The molecule has 0 amide bonds. The fourth-order valence-electron chi connectivity index (χ4n) is 10.2. The van der Waals surface area contributed by atoms with Crippen LogP contribution in [0, 0.1) is 0 Å². The minimum atomic E-state index is -0.781. The van der Waals surface area contributed by atoms with Crippen LogP contribution in [0.5, 0.6) is 0 Å². The molecule has 1 atom stereocenters. The van der Waals surface area contributed by atoms with Gasteiger partial charge in [-0.05, 0) is 83.5 Å². The summed E-state index contributed by atoms with van der Waals surface area (Å²) in [6, 6.07) is 0. The summed E-state index contributed by atoms with van der Waals surface area (Å²) in [4.78, 5) is 38.4. The van der Waals surface area contributed by atoms with Crippen LogP contribution >= 0.6 is 0 Å². The van der Waals surface area contributed by atoms with E-state index in [0.29, 0.717) is 19.3 Å². The van der Waals surface area contributed by atoms with E-state index in [9.17, 15) is 14.4 Å². The lowest BCUT2D eigenvalue weighted by Crippen LogP contribution is -2.30. The average Bonchev–Trinajstić information content (AvgIpc) is 3.45. The van der Waals surface area contributed by atoms with Gasteiger partial charge in [-0.3, -0.25) is 14.4 Å². The minimum Gasteiger partial charge on any atom is -0.462 e. The van der Waals surface area contributed by atoms with E-state index in [0.717, 1.165) is 89.9 Å². The summed E-state index contributed by atoms with van der Waals surface area (Å²) in [5.41, 5.74) is 0. The van der Waals surface area contributed by atoms with Crippen molar-refractivity contribution in [1.82, 2.24) is 0 Å². The van der Waals surface area contributed by atoms with E-state index in [1.165, 1.54) is 238 Å². The van der Waals surface area contributed by atoms with Gasteiger partial charge in [-0.25, -0.2) is 0 Å². The Labute approximate surface area is 491 Å². The lowest BCUT2D eigenvalue weighted by atomic mass is 10.0. The predicted octanol–water partition coefficient (Wildman–Crippen LogP) is 23.9. The SMILES string of the molecule is CCCC/C=C\C/C=C\CCCCCCCC(=O)OCC(COC(=O)CCCCCCCCCCCC/C=C\C/C=C\C/C=C\CCCCCCC)OC(=O)CCCCCCCCCCCCCCCCCCCCCCCC. The van der Waals surface area contributed by atoms with E-state index in [1.54, 1.807) is 0 Å². The number of carbonyl (C=O) groups is 3. The van der Waals surface area contributed by atoms with Crippen LogP contribution in [0.3, 0.4) is 0 Å². The van der Waals surface area contributed by atoms with E-state index in [2.05, 4.69) is 81.5 Å². The largest absolute Gasteiger partial charge is 0.462 e. The number of esters is 3. The number of ether oxygens (including phenoxy) is 3. The monoisotopic (exact) mass is 1110 g/mol. The van der Waals surface area contributed by atoms with Crippen LogP contribution in [-0.4, -0.2) is 37.2 Å². The highest BCUT2D eigenvalue weighted by Crippen LogP contribution is 2.18. The molecular formula is C73H132O6. The topological polar surface area (TPSA) is 78.9 Å². The third kappa shape index (κ3) is 65.8. The Morgan fingerprint density at radius 1 is 0.253 bits per heavy atom. The normalized spacial score (nSPS) is 12.4. The van der Waals surface area contributed by atoms with Crippen molar-refractivity contribution >= 4 is 17.9 Å². The standard InChI is InChI=1S/C73H132O6/c1-4-7-10-13-16-19-22-25-28-30-32-34-36-37-38-40-41-43-45-48-51-54-57-60-63-66-72(75)78-69-70(68-77-71(74)65-62-59-56-53-50-47-27-24-21-18-15-12-9-6-3)79-73(76)67-64-61-58-55-52-49-46-44-42-39-35-33-31-29-26-23-20-17-14-11-8-5-2/h15,18,22,24-25,27,30,32,36-37,70H,4-14,16-17,19-21,23,26,28-29,31,33-35,38-69H2,1-3H3/b18-15-,25-22-,27-24-,32-30-,37-36-. The number of carbonyl (C=O) groups excluding carboxylic acids is 3. The van der Waals surface area contributed by atoms with Crippen molar-refractivity contribution in [2.24, 2.45) is 0 Å². The zero-order valence-corrected chi connectivity index (χ0v) is 52.9. The van der Waals surface area contributed by atoms with Gasteiger partial charge in [0.15, 0.2) is 6.10 Å². The molecule has 0 bridgehead atoms. The Morgan fingerprint density at radius 3 is 0.747 bits per heavy atom. The van der Waals surface area contributed by atoms with Crippen LogP contribution in [-0.2, 0) is 28.6 Å². The molecule has 0 aliphatic rings. The first-order valence-electron chi connectivity index (χ1n) is 34.8. The summed E-state index contributed by atoms with van der Waals surface area (Å²) in [5, 5.41) is 0. The summed E-state index contributed by atoms with van der Waals surface area (Å²) in [6.07, 6.45) is 86.7. The Hall–Kier alpha value is -2.89. The van der Waals surface area contributed by atoms with Gasteiger partial charge < -0.3 is 14.2 Å². The molecular weight excluding hydrogens is 973 g/mol. The van der Waals surface area contributed by atoms with Gasteiger partial charge in [0.05, 0.1) is 0 Å². The van der Waals surface area contributed by atoms with Crippen LogP contribution in [0.4, 0.5) is 0 Å². The van der Waals surface area contributed by atoms with E-state index >= 15 is 0 Å². The molecule has 0 saturated heterocycles. The van der Waals surface area contributed by atoms with E-state index in [1.807, 2.05) is 0 Å². The van der Waals surface area contributed by atoms with Crippen molar-refractivity contribution in [3.63, 3.8) is 0 Å². The summed E-state index contributed by atoms with van der Waals surface area (Å²) < 4.78 is 17.0. The van der Waals surface area contributed by atoms with Gasteiger partial charge in [0.25, 0.3) is 0 Å². The molecule has 0 saturated carbocycles. The molecule has 0 aliphatic heterocycles. The van der Waals surface area contributed by atoms with Crippen molar-refractivity contribution in [1.29, 1.82) is 0 Å². The average molecular weight is 1110 g/mol. The molecule has 0 aromatic carbocycles.